The van der Waals surface area contributed by atoms with E-state index in [1.54, 1.807) is 18.1 Å². The predicted octanol–water partition coefficient (Wildman–Crippen LogP) is 3.30. The van der Waals surface area contributed by atoms with Crippen molar-refractivity contribution in [3.05, 3.63) is 53.6 Å². The summed E-state index contributed by atoms with van der Waals surface area (Å²) in [5.41, 5.74) is 3.19. The molecule has 0 saturated carbocycles. The molecule has 24 heavy (non-hydrogen) atoms. The summed E-state index contributed by atoms with van der Waals surface area (Å²) in [5.74, 6) is 3.19. The molecule has 1 aliphatic heterocycles. The molecule has 1 aliphatic rings. The predicted molar refractivity (Wildman–Crippen MR) is 90.8 cm³/mol. The zero-order chi connectivity index (χ0) is 16.5. The summed E-state index contributed by atoms with van der Waals surface area (Å²) in [4.78, 5) is 8.67. The number of thioether (sulfide) groups is 1. The van der Waals surface area contributed by atoms with E-state index < -0.39 is 0 Å². The molecule has 7 heteroatoms. The van der Waals surface area contributed by atoms with Crippen molar-refractivity contribution >= 4 is 11.8 Å². The molecular formula is C17H16N4O2S. The zero-order valence-electron chi connectivity index (χ0n) is 13.4. The third kappa shape index (κ3) is 2.94. The number of rotatable bonds is 4. The van der Waals surface area contributed by atoms with Crippen LogP contribution in [0.4, 0.5) is 0 Å². The molecule has 6 nitrogen and oxygen atoms in total. The molecular weight excluding hydrogens is 324 g/mol. The van der Waals surface area contributed by atoms with Crippen LogP contribution in [-0.2, 0) is 5.75 Å². The van der Waals surface area contributed by atoms with E-state index in [1.807, 2.05) is 48.9 Å². The number of benzene rings is 1. The van der Waals surface area contributed by atoms with Gasteiger partial charge in [0.05, 0.1) is 5.69 Å². The number of ether oxygens (including phenoxy) is 2. The second-order valence-corrected chi connectivity index (χ2v) is 6.53. The molecule has 0 aliphatic carbocycles. The van der Waals surface area contributed by atoms with Gasteiger partial charge in [0.1, 0.15) is 11.4 Å². The molecule has 1 aromatic carbocycles. The lowest BCUT2D eigenvalue weighted by molar-refractivity contribution is 0.174. The van der Waals surface area contributed by atoms with Gasteiger partial charge in [-0.15, -0.1) is 11.8 Å². The Kier molecular flexibility index (Phi) is 3.86. The highest BCUT2D eigenvalue weighted by atomic mass is 32.2. The van der Waals surface area contributed by atoms with E-state index in [9.17, 15) is 0 Å². The van der Waals surface area contributed by atoms with Crippen LogP contribution in [-0.4, -0.2) is 26.5 Å². The summed E-state index contributed by atoms with van der Waals surface area (Å²) in [6.07, 6.45) is 1.58. The lowest BCUT2D eigenvalue weighted by Crippen LogP contribution is -2.02. The van der Waals surface area contributed by atoms with E-state index in [1.165, 1.54) is 0 Å². The molecule has 0 fully saturated rings. The lowest BCUT2D eigenvalue weighted by Gasteiger charge is -2.06. The molecule has 0 saturated heterocycles. The number of hydrogen-bond donors (Lipinski definition) is 0. The molecule has 0 spiro atoms. The second-order valence-electron chi connectivity index (χ2n) is 5.53. The Labute approximate surface area is 143 Å². The minimum Gasteiger partial charge on any atom is -0.454 e. The average Bonchev–Trinajstić information content (AvgIpc) is 3.18. The van der Waals surface area contributed by atoms with E-state index in [0.717, 1.165) is 45.0 Å². The fraction of sp³-hybridized carbons (Fsp3) is 0.235. The molecule has 4 rings (SSSR count). The Balaban J connectivity index is 1.51. The number of aryl methyl sites for hydroxylation is 2. The van der Waals surface area contributed by atoms with Crippen LogP contribution in [0.3, 0.4) is 0 Å². The van der Waals surface area contributed by atoms with Crippen LogP contribution >= 0.6 is 11.8 Å². The first-order valence-corrected chi connectivity index (χ1v) is 8.54. The maximum Gasteiger partial charge on any atom is 0.231 e. The monoisotopic (exact) mass is 340 g/mol. The Morgan fingerprint density at radius 1 is 1.08 bits per heavy atom. The second kappa shape index (κ2) is 6.16. The Bertz CT molecular complexity index is 894. The van der Waals surface area contributed by atoms with Gasteiger partial charge >= 0.3 is 0 Å². The van der Waals surface area contributed by atoms with Crippen molar-refractivity contribution in [2.75, 3.05) is 6.79 Å². The van der Waals surface area contributed by atoms with E-state index in [4.69, 9.17) is 9.47 Å². The highest BCUT2D eigenvalue weighted by molar-refractivity contribution is 7.98. The summed E-state index contributed by atoms with van der Waals surface area (Å²) < 4.78 is 12.6. The van der Waals surface area contributed by atoms with E-state index in [-0.39, 0.29) is 0 Å². The van der Waals surface area contributed by atoms with Crippen molar-refractivity contribution in [3.8, 4) is 17.3 Å². The van der Waals surface area contributed by atoms with Crippen LogP contribution in [0.15, 0.2) is 41.7 Å². The minimum absolute atomic E-state index is 0.295. The summed E-state index contributed by atoms with van der Waals surface area (Å²) in [6.45, 7) is 4.28. The molecule has 2 aromatic heterocycles. The van der Waals surface area contributed by atoms with Gasteiger partial charge < -0.3 is 9.47 Å². The van der Waals surface area contributed by atoms with Crippen molar-refractivity contribution < 1.29 is 9.47 Å². The first-order valence-electron chi connectivity index (χ1n) is 7.56. The van der Waals surface area contributed by atoms with Crippen molar-refractivity contribution in [2.24, 2.45) is 0 Å². The van der Waals surface area contributed by atoms with Gasteiger partial charge in [0, 0.05) is 17.5 Å². The van der Waals surface area contributed by atoms with Crippen LogP contribution in [0.5, 0.6) is 11.5 Å². The zero-order valence-corrected chi connectivity index (χ0v) is 14.2. The SMILES string of the molecule is Cc1cc(C)n(-c2cc(SCc3ccc4c(c3)OCO4)ncn2)n1. The van der Waals surface area contributed by atoms with Crippen molar-refractivity contribution in [1.29, 1.82) is 0 Å². The van der Waals surface area contributed by atoms with Gasteiger partial charge in [-0.3, -0.25) is 0 Å². The smallest absolute Gasteiger partial charge is 0.231 e. The third-order valence-corrected chi connectivity index (χ3v) is 4.67. The van der Waals surface area contributed by atoms with E-state index in [0.29, 0.717) is 6.79 Å². The van der Waals surface area contributed by atoms with Gasteiger partial charge in [-0.05, 0) is 37.6 Å². The Hall–Kier alpha value is -2.54. The summed E-state index contributed by atoms with van der Waals surface area (Å²) in [5, 5.41) is 5.37. The molecule has 3 aromatic rings. The largest absolute Gasteiger partial charge is 0.454 e. The van der Waals surface area contributed by atoms with Crippen molar-refractivity contribution in [3.63, 3.8) is 0 Å². The summed E-state index contributed by atoms with van der Waals surface area (Å²) >= 11 is 1.65. The van der Waals surface area contributed by atoms with Gasteiger partial charge in [-0.25, -0.2) is 14.6 Å². The van der Waals surface area contributed by atoms with Crippen molar-refractivity contribution in [2.45, 2.75) is 24.6 Å². The van der Waals surface area contributed by atoms with Crippen LogP contribution < -0.4 is 9.47 Å². The van der Waals surface area contributed by atoms with Crippen LogP contribution in [0.2, 0.25) is 0 Å². The number of aromatic nitrogens is 4. The average molecular weight is 340 g/mol. The fourth-order valence-electron chi connectivity index (χ4n) is 2.57. The Morgan fingerprint density at radius 2 is 1.96 bits per heavy atom. The first-order chi connectivity index (χ1) is 11.7. The summed E-state index contributed by atoms with van der Waals surface area (Å²) in [6, 6.07) is 9.99. The number of fused-ring (bicyclic) bond motifs is 1. The molecule has 0 radical (unpaired) electrons. The molecule has 0 N–H and O–H groups in total. The standard InChI is InChI=1S/C17H16N4O2S/c1-11-5-12(2)21(20-11)16-7-17(19-9-18-16)24-8-13-3-4-14-15(6-13)23-10-22-14/h3-7,9H,8,10H2,1-2H3. The first kappa shape index (κ1) is 15.0. The van der Waals surface area contributed by atoms with Crippen molar-refractivity contribution in [1.82, 2.24) is 19.7 Å². The maximum atomic E-state index is 5.41. The minimum atomic E-state index is 0.295. The Morgan fingerprint density at radius 3 is 2.79 bits per heavy atom. The van der Waals surface area contributed by atoms with Gasteiger partial charge in [0.15, 0.2) is 17.3 Å². The molecule has 0 amide bonds. The fourth-order valence-corrected chi connectivity index (χ4v) is 3.38. The third-order valence-electron chi connectivity index (χ3n) is 3.68. The van der Waals surface area contributed by atoms with Crippen LogP contribution in [0.25, 0.3) is 5.82 Å². The van der Waals surface area contributed by atoms with Crippen LogP contribution in [0.1, 0.15) is 17.0 Å². The van der Waals surface area contributed by atoms with E-state index in [2.05, 4.69) is 15.1 Å². The number of hydrogen-bond acceptors (Lipinski definition) is 6. The van der Waals surface area contributed by atoms with E-state index >= 15 is 0 Å². The maximum absolute atomic E-state index is 5.41. The molecule has 3 heterocycles. The summed E-state index contributed by atoms with van der Waals surface area (Å²) in [7, 11) is 0. The van der Waals surface area contributed by atoms with Gasteiger partial charge in [-0.2, -0.15) is 5.10 Å². The number of nitrogens with zero attached hydrogens (tertiary/aromatic N) is 4. The molecule has 122 valence electrons. The van der Waals surface area contributed by atoms with Gasteiger partial charge in [0.2, 0.25) is 6.79 Å². The van der Waals surface area contributed by atoms with Gasteiger partial charge in [0.25, 0.3) is 0 Å². The van der Waals surface area contributed by atoms with Gasteiger partial charge in [-0.1, -0.05) is 6.07 Å². The normalized spacial score (nSPS) is 12.6. The molecule has 0 bridgehead atoms. The highest BCUT2D eigenvalue weighted by Crippen LogP contribution is 2.34. The lowest BCUT2D eigenvalue weighted by atomic mass is 10.2. The highest BCUT2D eigenvalue weighted by Gasteiger charge is 2.13. The van der Waals surface area contributed by atoms with Crippen LogP contribution in [0, 0.1) is 13.8 Å². The quantitative estimate of drug-likeness (QED) is 0.536. The molecule has 0 atom stereocenters. The molecule has 0 unspecified atom stereocenters. The topological polar surface area (TPSA) is 62.1 Å².